The molecule has 1 aromatic heterocycles. The van der Waals surface area contributed by atoms with E-state index in [1.165, 1.54) is 42.5 Å². The first-order valence-electron chi connectivity index (χ1n) is 8.46. The summed E-state index contributed by atoms with van der Waals surface area (Å²) in [4.78, 5) is 12.3. The van der Waals surface area contributed by atoms with Crippen molar-refractivity contribution in [3.05, 3.63) is 59.6 Å². The number of hydrogen-bond acceptors (Lipinski definition) is 4. The van der Waals surface area contributed by atoms with Gasteiger partial charge >= 0.3 is 0 Å². The van der Waals surface area contributed by atoms with Gasteiger partial charge in [0.2, 0.25) is 0 Å². The molecule has 140 valence electrons. The van der Waals surface area contributed by atoms with Gasteiger partial charge in [-0.2, -0.15) is 0 Å². The molecule has 0 atom stereocenters. The van der Waals surface area contributed by atoms with Gasteiger partial charge in [0, 0.05) is 22.7 Å². The number of hydrogen-bond donors (Lipinski definition) is 2. The maximum absolute atomic E-state index is 13.0. The molecule has 0 saturated heterocycles. The average molecular weight is 388 g/mol. The number of fused-ring (bicyclic) bond motifs is 1. The number of amides is 1. The summed E-state index contributed by atoms with van der Waals surface area (Å²) >= 11 is 0. The van der Waals surface area contributed by atoms with Gasteiger partial charge < -0.3 is 9.73 Å². The molecule has 1 aliphatic carbocycles. The fraction of sp³-hybridized carbons (Fsp3) is 0.211. The van der Waals surface area contributed by atoms with E-state index in [2.05, 4.69) is 10.0 Å². The maximum atomic E-state index is 13.0. The van der Waals surface area contributed by atoms with Crippen LogP contribution in [0.4, 0.5) is 10.1 Å². The summed E-state index contributed by atoms with van der Waals surface area (Å²) in [6, 6.07) is 9.62. The largest absolute Gasteiger partial charge is 0.451 e. The van der Waals surface area contributed by atoms with Gasteiger partial charge in [0.1, 0.15) is 11.4 Å². The Labute approximate surface area is 155 Å². The van der Waals surface area contributed by atoms with E-state index in [-0.39, 0.29) is 28.3 Å². The van der Waals surface area contributed by atoms with Gasteiger partial charge in [0.05, 0.1) is 4.90 Å². The van der Waals surface area contributed by atoms with E-state index in [1.54, 1.807) is 6.92 Å². The molecular weight excluding hydrogens is 371 g/mol. The summed E-state index contributed by atoms with van der Waals surface area (Å²) in [6.45, 7) is 1.72. The Hall–Kier alpha value is -2.87. The topological polar surface area (TPSA) is 88.4 Å². The number of rotatable bonds is 5. The Morgan fingerprint density at radius 1 is 1.15 bits per heavy atom. The first-order valence-corrected chi connectivity index (χ1v) is 9.94. The Morgan fingerprint density at radius 2 is 1.85 bits per heavy atom. The molecule has 2 aromatic carbocycles. The van der Waals surface area contributed by atoms with Crippen LogP contribution >= 0.6 is 0 Å². The molecule has 4 rings (SSSR count). The minimum Gasteiger partial charge on any atom is -0.451 e. The zero-order chi connectivity index (χ0) is 19.2. The zero-order valence-corrected chi connectivity index (χ0v) is 15.3. The van der Waals surface area contributed by atoms with Crippen LogP contribution in [-0.2, 0) is 10.0 Å². The Bertz CT molecular complexity index is 1130. The summed E-state index contributed by atoms with van der Waals surface area (Å²) in [5, 5.41) is 3.41. The van der Waals surface area contributed by atoms with Crippen LogP contribution in [0.1, 0.15) is 29.0 Å². The highest BCUT2D eigenvalue weighted by atomic mass is 32.2. The second kappa shape index (κ2) is 6.38. The SMILES string of the molecule is Cc1c(C(=O)NC2CC2)oc2ccc(S(=O)(=O)Nc3ccc(F)cc3)cc12. The van der Waals surface area contributed by atoms with E-state index in [1.807, 2.05) is 0 Å². The van der Waals surface area contributed by atoms with E-state index >= 15 is 0 Å². The van der Waals surface area contributed by atoms with Gasteiger partial charge in [-0.3, -0.25) is 9.52 Å². The zero-order valence-electron chi connectivity index (χ0n) is 14.5. The molecule has 27 heavy (non-hydrogen) atoms. The molecule has 1 heterocycles. The summed E-state index contributed by atoms with van der Waals surface area (Å²) in [6.07, 6.45) is 1.92. The number of benzene rings is 2. The van der Waals surface area contributed by atoms with Crippen molar-refractivity contribution < 1.29 is 22.0 Å². The van der Waals surface area contributed by atoms with E-state index < -0.39 is 15.8 Å². The van der Waals surface area contributed by atoms with Crippen LogP contribution in [0.3, 0.4) is 0 Å². The van der Waals surface area contributed by atoms with Gasteiger partial charge in [0.25, 0.3) is 15.9 Å². The number of halogens is 1. The number of sulfonamides is 1. The molecule has 6 nitrogen and oxygen atoms in total. The van der Waals surface area contributed by atoms with Crippen LogP contribution in [0, 0.1) is 12.7 Å². The quantitative estimate of drug-likeness (QED) is 0.699. The third-order valence-electron chi connectivity index (χ3n) is 4.43. The maximum Gasteiger partial charge on any atom is 0.287 e. The van der Waals surface area contributed by atoms with Crippen molar-refractivity contribution in [3.8, 4) is 0 Å². The molecule has 1 aliphatic rings. The van der Waals surface area contributed by atoms with Crippen molar-refractivity contribution in [2.75, 3.05) is 4.72 Å². The first-order chi connectivity index (χ1) is 12.8. The molecule has 0 aliphatic heterocycles. The van der Waals surface area contributed by atoms with Crippen LogP contribution in [0.2, 0.25) is 0 Å². The Balaban J connectivity index is 1.66. The van der Waals surface area contributed by atoms with Crippen molar-refractivity contribution in [3.63, 3.8) is 0 Å². The van der Waals surface area contributed by atoms with E-state index in [0.29, 0.717) is 16.5 Å². The molecule has 1 saturated carbocycles. The standard InChI is InChI=1S/C19H17FN2O4S/c1-11-16-10-15(27(24,25)22-14-4-2-12(20)3-5-14)8-9-17(16)26-18(11)19(23)21-13-6-7-13/h2-5,8-10,13,22H,6-7H2,1H3,(H,21,23). The van der Waals surface area contributed by atoms with Gasteiger partial charge in [-0.15, -0.1) is 0 Å². The monoisotopic (exact) mass is 388 g/mol. The highest BCUT2D eigenvalue weighted by Gasteiger charge is 2.27. The average Bonchev–Trinajstić information content (AvgIpc) is 3.38. The molecule has 8 heteroatoms. The molecule has 1 fully saturated rings. The van der Waals surface area contributed by atoms with E-state index in [4.69, 9.17) is 4.42 Å². The molecule has 1 amide bonds. The van der Waals surface area contributed by atoms with Crippen molar-refractivity contribution in [2.45, 2.75) is 30.7 Å². The highest BCUT2D eigenvalue weighted by Crippen LogP contribution is 2.29. The third-order valence-corrected chi connectivity index (χ3v) is 5.81. The lowest BCUT2D eigenvalue weighted by molar-refractivity contribution is 0.0924. The molecule has 0 bridgehead atoms. The van der Waals surface area contributed by atoms with Crippen LogP contribution in [-0.4, -0.2) is 20.4 Å². The van der Waals surface area contributed by atoms with Gasteiger partial charge in [0.15, 0.2) is 5.76 Å². The Kier molecular flexibility index (Phi) is 4.15. The van der Waals surface area contributed by atoms with Crippen molar-refractivity contribution in [1.29, 1.82) is 0 Å². The smallest absolute Gasteiger partial charge is 0.287 e. The predicted octanol–water partition coefficient (Wildman–Crippen LogP) is 3.57. The fourth-order valence-electron chi connectivity index (χ4n) is 2.79. The summed E-state index contributed by atoms with van der Waals surface area (Å²) in [5.41, 5.74) is 1.28. The minimum atomic E-state index is -3.87. The van der Waals surface area contributed by atoms with Crippen LogP contribution in [0.15, 0.2) is 51.8 Å². The number of anilines is 1. The summed E-state index contributed by atoms with van der Waals surface area (Å²) < 4.78 is 46.3. The predicted molar refractivity (Wildman–Crippen MR) is 98.6 cm³/mol. The molecule has 0 unspecified atom stereocenters. The van der Waals surface area contributed by atoms with Crippen molar-refractivity contribution in [2.24, 2.45) is 0 Å². The van der Waals surface area contributed by atoms with E-state index in [9.17, 15) is 17.6 Å². The number of furan rings is 1. The van der Waals surface area contributed by atoms with Crippen molar-refractivity contribution in [1.82, 2.24) is 5.32 Å². The van der Waals surface area contributed by atoms with Gasteiger partial charge in [-0.25, -0.2) is 12.8 Å². The lowest BCUT2D eigenvalue weighted by Gasteiger charge is -2.08. The summed E-state index contributed by atoms with van der Waals surface area (Å²) in [7, 11) is -3.87. The lowest BCUT2D eigenvalue weighted by atomic mass is 10.1. The summed E-state index contributed by atoms with van der Waals surface area (Å²) in [5.74, 6) is -0.552. The Morgan fingerprint density at radius 3 is 2.52 bits per heavy atom. The second-order valence-corrected chi connectivity index (χ2v) is 8.26. The van der Waals surface area contributed by atoms with Crippen LogP contribution in [0.25, 0.3) is 11.0 Å². The van der Waals surface area contributed by atoms with Crippen LogP contribution in [0.5, 0.6) is 0 Å². The number of carbonyl (C=O) groups is 1. The normalized spacial score (nSPS) is 14.3. The fourth-order valence-corrected chi connectivity index (χ4v) is 3.88. The van der Waals surface area contributed by atoms with E-state index in [0.717, 1.165) is 12.8 Å². The molecule has 0 spiro atoms. The molecular formula is C19H17FN2O4S. The molecule has 0 radical (unpaired) electrons. The van der Waals surface area contributed by atoms with Crippen molar-refractivity contribution >= 4 is 32.6 Å². The van der Waals surface area contributed by atoms with Gasteiger partial charge in [-0.1, -0.05) is 0 Å². The number of nitrogens with one attached hydrogen (secondary N) is 2. The molecule has 3 aromatic rings. The number of aryl methyl sites for hydroxylation is 1. The van der Waals surface area contributed by atoms with Crippen LogP contribution < -0.4 is 10.0 Å². The first kappa shape index (κ1) is 17.5. The lowest BCUT2D eigenvalue weighted by Crippen LogP contribution is -2.25. The minimum absolute atomic E-state index is 0.0253. The highest BCUT2D eigenvalue weighted by molar-refractivity contribution is 7.92. The molecule has 2 N–H and O–H groups in total. The van der Waals surface area contributed by atoms with Gasteiger partial charge in [-0.05, 0) is 62.2 Å². The number of carbonyl (C=O) groups excluding carboxylic acids is 1. The second-order valence-electron chi connectivity index (χ2n) is 6.57. The third kappa shape index (κ3) is 3.52.